The minimum atomic E-state index is 0. The van der Waals surface area contributed by atoms with Crippen LogP contribution in [0.4, 0.5) is 0 Å². The van der Waals surface area contributed by atoms with E-state index in [0.717, 1.165) is 6.42 Å². The molecule has 0 nitrogen and oxygen atoms in total. The molecule has 0 aromatic heterocycles. The molecule has 0 atom stereocenters. The Bertz CT molecular complexity index is 141. The van der Waals surface area contributed by atoms with Crippen molar-refractivity contribution in [1.29, 1.82) is 0 Å². The first kappa shape index (κ1) is 23.2. The zero-order chi connectivity index (χ0) is 5.98. The summed E-state index contributed by atoms with van der Waals surface area (Å²) in [7, 11) is 0. The van der Waals surface area contributed by atoms with E-state index in [9.17, 15) is 0 Å². The van der Waals surface area contributed by atoms with Gasteiger partial charge in [-0.05, 0) is 0 Å². The summed E-state index contributed by atoms with van der Waals surface area (Å²) in [6, 6.07) is 0. The van der Waals surface area contributed by atoms with E-state index in [1.165, 1.54) is 5.57 Å². The second kappa shape index (κ2) is 12.2. The van der Waals surface area contributed by atoms with Crippen LogP contribution in [0.1, 0.15) is 20.3 Å². The SMILES string of the molecule is CC(C)C1=[C-]CC=C1.[Cl-].[Cl-].[Cl-].[Zr+4]. The standard InChI is InChI=1S/C8H11.3ClH.Zr/c1-7(2)8-5-3-4-6-8;;;;/h3,5,7H,4H2,1-2H3;3*1H;/q-1;;;;+4/p-3. The Labute approximate surface area is 113 Å². The number of allylic oxidation sites excluding steroid dienone is 4. The quantitative estimate of drug-likeness (QED) is 0.423. The molecule has 4 heteroatoms. The zero-order valence-corrected chi connectivity index (χ0v) is 11.8. The van der Waals surface area contributed by atoms with Gasteiger partial charge in [0.15, 0.2) is 0 Å². The summed E-state index contributed by atoms with van der Waals surface area (Å²) >= 11 is 0. The van der Waals surface area contributed by atoms with Crippen LogP contribution in [-0.4, -0.2) is 0 Å². The van der Waals surface area contributed by atoms with Crippen LogP contribution in [0, 0.1) is 12.0 Å². The number of hydrogen-bond donors (Lipinski definition) is 0. The summed E-state index contributed by atoms with van der Waals surface area (Å²) in [6.45, 7) is 4.38. The van der Waals surface area contributed by atoms with Crippen molar-refractivity contribution in [3.8, 4) is 0 Å². The first-order chi connectivity index (χ1) is 3.80. The third-order valence-corrected chi connectivity index (χ3v) is 1.34. The van der Waals surface area contributed by atoms with Gasteiger partial charge in [0.1, 0.15) is 0 Å². The third-order valence-electron chi connectivity index (χ3n) is 1.34. The minimum Gasteiger partial charge on any atom is -1.00 e. The van der Waals surface area contributed by atoms with Crippen LogP contribution >= 0.6 is 0 Å². The van der Waals surface area contributed by atoms with E-state index in [4.69, 9.17) is 0 Å². The van der Waals surface area contributed by atoms with Gasteiger partial charge in [0.05, 0.1) is 0 Å². The molecule has 1 aliphatic carbocycles. The maximum Gasteiger partial charge on any atom is 4.00 e. The molecule has 0 aromatic rings. The largest absolute Gasteiger partial charge is 4.00 e. The Hall–Kier alpha value is 1.23. The molecule has 0 saturated carbocycles. The third kappa shape index (κ3) is 7.86. The summed E-state index contributed by atoms with van der Waals surface area (Å²) in [5, 5.41) is 0. The van der Waals surface area contributed by atoms with Crippen LogP contribution in [0.3, 0.4) is 0 Å². The van der Waals surface area contributed by atoms with Gasteiger partial charge in [-0.25, -0.2) is 11.6 Å². The fourth-order valence-electron chi connectivity index (χ4n) is 0.818. The van der Waals surface area contributed by atoms with Gasteiger partial charge in [-0.15, -0.1) is 6.42 Å². The molecule has 1 rings (SSSR count). The van der Waals surface area contributed by atoms with Crippen molar-refractivity contribution in [2.45, 2.75) is 20.3 Å². The fourth-order valence-corrected chi connectivity index (χ4v) is 0.818. The Morgan fingerprint density at radius 1 is 1.25 bits per heavy atom. The van der Waals surface area contributed by atoms with Crippen LogP contribution in [0.5, 0.6) is 0 Å². The molecule has 0 aliphatic heterocycles. The Morgan fingerprint density at radius 3 is 1.92 bits per heavy atom. The second-order valence-corrected chi connectivity index (χ2v) is 2.39. The van der Waals surface area contributed by atoms with Gasteiger partial charge in [-0.1, -0.05) is 19.8 Å². The summed E-state index contributed by atoms with van der Waals surface area (Å²) in [5.74, 6) is 0.661. The first-order valence-electron chi connectivity index (χ1n) is 3.08. The van der Waals surface area contributed by atoms with Gasteiger partial charge in [0.25, 0.3) is 0 Å². The molecular formula is C8H11Cl3Zr. The molecule has 0 N–H and O–H groups in total. The van der Waals surface area contributed by atoms with Crippen molar-refractivity contribution in [2.75, 3.05) is 0 Å². The molecule has 0 bridgehead atoms. The smallest absolute Gasteiger partial charge is 1.00 e. The van der Waals surface area contributed by atoms with Crippen molar-refractivity contribution in [1.82, 2.24) is 0 Å². The maximum atomic E-state index is 3.26. The average Bonchev–Trinajstić information content (AvgIpc) is 2.12. The van der Waals surface area contributed by atoms with Crippen LogP contribution in [0.2, 0.25) is 0 Å². The molecule has 0 heterocycles. The van der Waals surface area contributed by atoms with Gasteiger partial charge >= 0.3 is 26.2 Å². The molecule has 0 fully saturated rings. The number of hydrogen-bond acceptors (Lipinski definition) is 0. The van der Waals surface area contributed by atoms with E-state index in [1.807, 2.05) is 0 Å². The van der Waals surface area contributed by atoms with Crippen molar-refractivity contribution in [3.63, 3.8) is 0 Å². The van der Waals surface area contributed by atoms with Crippen LogP contribution < -0.4 is 37.2 Å². The number of rotatable bonds is 1. The predicted octanol–water partition coefficient (Wildman–Crippen LogP) is -6.66. The Morgan fingerprint density at radius 2 is 1.75 bits per heavy atom. The monoisotopic (exact) mass is 302 g/mol. The molecule has 0 aromatic carbocycles. The summed E-state index contributed by atoms with van der Waals surface area (Å²) in [5.41, 5.74) is 1.37. The van der Waals surface area contributed by atoms with Crippen molar-refractivity contribution in [2.24, 2.45) is 5.92 Å². The Kier molecular flexibility index (Phi) is 23.7. The molecule has 0 unspecified atom stereocenters. The summed E-state index contributed by atoms with van der Waals surface area (Å²) < 4.78 is 0. The van der Waals surface area contributed by atoms with Crippen molar-refractivity contribution < 1.29 is 63.4 Å². The molecule has 68 valence electrons. The predicted molar refractivity (Wildman–Crippen MR) is 35.4 cm³/mol. The zero-order valence-electron chi connectivity index (χ0n) is 7.07. The molecule has 0 saturated heterocycles. The van der Waals surface area contributed by atoms with Gasteiger partial charge < -0.3 is 37.2 Å². The van der Waals surface area contributed by atoms with Crippen molar-refractivity contribution >= 4 is 0 Å². The van der Waals surface area contributed by atoms with E-state index in [0.29, 0.717) is 5.92 Å². The van der Waals surface area contributed by atoms with Crippen LogP contribution in [-0.2, 0) is 26.2 Å². The molecule has 0 spiro atoms. The van der Waals surface area contributed by atoms with Crippen LogP contribution in [0.25, 0.3) is 0 Å². The molecular weight excluding hydrogens is 294 g/mol. The van der Waals surface area contributed by atoms with Gasteiger partial charge in [0, 0.05) is 0 Å². The summed E-state index contributed by atoms with van der Waals surface area (Å²) in [6.07, 6.45) is 8.59. The second-order valence-electron chi connectivity index (χ2n) is 2.39. The topological polar surface area (TPSA) is 0 Å². The molecule has 0 amide bonds. The van der Waals surface area contributed by atoms with E-state index in [1.54, 1.807) is 0 Å². The van der Waals surface area contributed by atoms with Gasteiger partial charge in [0.2, 0.25) is 0 Å². The van der Waals surface area contributed by atoms with Gasteiger partial charge in [-0.3, -0.25) is 6.08 Å². The minimum absolute atomic E-state index is 0. The van der Waals surface area contributed by atoms with Crippen LogP contribution in [0.15, 0.2) is 17.7 Å². The summed E-state index contributed by atoms with van der Waals surface area (Å²) in [4.78, 5) is 0. The number of halogens is 3. The average molecular weight is 305 g/mol. The molecule has 1 aliphatic rings. The van der Waals surface area contributed by atoms with Crippen molar-refractivity contribution in [3.05, 3.63) is 23.8 Å². The normalized spacial score (nSPS) is 11.8. The van der Waals surface area contributed by atoms with E-state index < -0.39 is 0 Å². The first-order valence-corrected chi connectivity index (χ1v) is 3.08. The van der Waals surface area contributed by atoms with E-state index >= 15 is 0 Å². The Balaban J connectivity index is -0.0000000800. The molecule has 12 heavy (non-hydrogen) atoms. The van der Waals surface area contributed by atoms with E-state index in [-0.39, 0.29) is 63.4 Å². The van der Waals surface area contributed by atoms with Gasteiger partial charge in [-0.2, -0.15) is 6.08 Å². The van der Waals surface area contributed by atoms with E-state index in [2.05, 4.69) is 32.1 Å². The maximum absolute atomic E-state index is 3.26. The molecule has 0 radical (unpaired) electrons. The fraction of sp³-hybridized carbons (Fsp3) is 0.500.